The standard InChI is InChI=1S/C11H10ClNOS/c12-10-8-15-13(11(10)14)7-6-9-4-2-1-3-5-9/h1-5,8H,6-7H2. The molecule has 0 bridgehead atoms. The van der Waals surface area contributed by atoms with Crippen molar-refractivity contribution >= 4 is 23.1 Å². The minimum atomic E-state index is -0.0856. The molecule has 0 N–H and O–H groups in total. The maximum Gasteiger partial charge on any atom is 0.279 e. The molecule has 2 rings (SSSR count). The summed E-state index contributed by atoms with van der Waals surface area (Å²) in [6.07, 6.45) is 0.859. The summed E-state index contributed by atoms with van der Waals surface area (Å²) in [5.74, 6) is 0. The SMILES string of the molecule is O=c1c(Cl)csn1CCc1ccccc1. The normalized spacial score (nSPS) is 10.5. The van der Waals surface area contributed by atoms with Crippen LogP contribution in [0.2, 0.25) is 5.02 Å². The van der Waals surface area contributed by atoms with Gasteiger partial charge in [0.05, 0.1) is 0 Å². The topological polar surface area (TPSA) is 22.0 Å². The lowest BCUT2D eigenvalue weighted by Gasteiger charge is -2.00. The van der Waals surface area contributed by atoms with Gasteiger partial charge in [-0.25, -0.2) is 0 Å². The van der Waals surface area contributed by atoms with Crippen LogP contribution in [-0.4, -0.2) is 3.96 Å². The predicted octanol–water partition coefficient (Wildman–Crippen LogP) is 2.81. The fraction of sp³-hybridized carbons (Fsp3) is 0.182. The molecule has 2 nitrogen and oxygen atoms in total. The molecule has 0 atom stereocenters. The fourth-order valence-corrected chi connectivity index (χ4v) is 2.34. The van der Waals surface area contributed by atoms with Crippen molar-refractivity contribution in [3.05, 3.63) is 56.7 Å². The van der Waals surface area contributed by atoms with E-state index in [2.05, 4.69) is 12.1 Å². The summed E-state index contributed by atoms with van der Waals surface area (Å²) in [6, 6.07) is 10.1. The molecule has 2 aromatic rings. The Bertz CT molecular complexity index is 489. The molecular formula is C11H10ClNOS. The van der Waals surface area contributed by atoms with Crippen LogP contribution < -0.4 is 5.56 Å². The second-order valence-electron chi connectivity index (χ2n) is 3.21. The summed E-state index contributed by atoms with van der Waals surface area (Å²) >= 11 is 7.06. The van der Waals surface area contributed by atoms with E-state index in [1.54, 1.807) is 9.34 Å². The van der Waals surface area contributed by atoms with Gasteiger partial charge in [-0.2, -0.15) is 0 Å². The van der Waals surface area contributed by atoms with Gasteiger partial charge in [0.25, 0.3) is 5.56 Å². The van der Waals surface area contributed by atoms with Crippen LogP contribution in [0, 0.1) is 0 Å². The Kier molecular flexibility index (Phi) is 3.23. The Morgan fingerprint density at radius 1 is 1.27 bits per heavy atom. The molecule has 0 saturated carbocycles. The van der Waals surface area contributed by atoms with E-state index >= 15 is 0 Å². The van der Waals surface area contributed by atoms with Gasteiger partial charge >= 0.3 is 0 Å². The lowest BCUT2D eigenvalue weighted by Crippen LogP contribution is -2.14. The highest BCUT2D eigenvalue weighted by Crippen LogP contribution is 2.08. The van der Waals surface area contributed by atoms with Gasteiger partial charge in [-0.1, -0.05) is 53.5 Å². The fourth-order valence-electron chi connectivity index (χ4n) is 1.36. The zero-order valence-electron chi connectivity index (χ0n) is 8.02. The lowest BCUT2D eigenvalue weighted by molar-refractivity contribution is 0.734. The van der Waals surface area contributed by atoms with Crippen molar-refractivity contribution in [2.75, 3.05) is 0 Å². The molecule has 1 aromatic heterocycles. The first-order valence-electron chi connectivity index (χ1n) is 4.65. The molecule has 15 heavy (non-hydrogen) atoms. The number of rotatable bonds is 3. The van der Waals surface area contributed by atoms with Gasteiger partial charge in [-0.15, -0.1) is 0 Å². The van der Waals surface area contributed by atoms with Crippen LogP contribution in [0.1, 0.15) is 5.56 Å². The van der Waals surface area contributed by atoms with Gasteiger partial charge in [0.2, 0.25) is 0 Å². The van der Waals surface area contributed by atoms with E-state index in [1.807, 2.05) is 18.2 Å². The van der Waals surface area contributed by atoms with Crippen molar-refractivity contribution in [1.82, 2.24) is 3.96 Å². The third kappa shape index (κ3) is 2.49. The Morgan fingerprint density at radius 2 is 2.00 bits per heavy atom. The number of nitrogens with zero attached hydrogens (tertiary/aromatic N) is 1. The minimum absolute atomic E-state index is 0.0856. The summed E-state index contributed by atoms with van der Waals surface area (Å²) in [4.78, 5) is 11.4. The second kappa shape index (κ2) is 4.64. The summed E-state index contributed by atoms with van der Waals surface area (Å²) in [5.41, 5.74) is 1.14. The number of halogens is 1. The molecule has 0 spiro atoms. The Morgan fingerprint density at radius 3 is 2.60 bits per heavy atom. The Labute approximate surface area is 96.9 Å². The van der Waals surface area contributed by atoms with Gasteiger partial charge in [0.1, 0.15) is 5.02 Å². The number of hydrogen-bond acceptors (Lipinski definition) is 2. The van der Waals surface area contributed by atoms with E-state index in [1.165, 1.54) is 17.1 Å². The van der Waals surface area contributed by atoms with Crippen molar-refractivity contribution in [3.8, 4) is 0 Å². The summed E-state index contributed by atoms with van der Waals surface area (Å²) < 4.78 is 1.68. The molecule has 0 aliphatic carbocycles. The molecule has 0 amide bonds. The van der Waals surface area contributed by atoms with Crippen LogP contribution in [0.3, 0.4) is 0 Å². The minimum Gasteiger partial charge on any atom is -0.267 e. The molecule has 0 aliphatic heterocycles. The van der Waals surface area contributed by atoms with Gasteiger partial charge in [0, 0.05) is 11.9 Å². The van der Waals surface area contributed by atoms with E-state index in [9.17, 15) is 4.79 Å². The average molecular weight is 240 g/mol. The lowest BCUT2D eigenvalue weighted by atomic mass is 10.2. The highest BCUT2D eigenvalue weighted by atomic mass is 35.5. The van der Waals surface area contributed by atoms with E-state index in [0.717, 1.165) is 6.42 Å². The van der Waals surface area contributed by atoms with E-state index in [4.69, 9.17) is 11.6 Å². The number of aryl methyl sites for hydroxylation is 2. The smallest absolute Gasteiger partial charge is 0.267 e. The molecule has 0 saturated heterocycles. The number of benzene rings is 1. The van der Waals surface area contributed by atoms with E-state index in [0.29, 0.717) is 11.6 Å². The molecular weight excluding hydrogens is 230 g/mol. The predicted molar refractivity (Wildman–Crippen MR) is 63.7 cm³/mol. The highest BCUT2D eigenvalue weighted by Gasteiger charge is 2.03. The van der Waals surface area contributed by atoms with Gasteiger partial charge in [-0.3, -0.25) is 8.75 Å². The quantitative estimate of drug-likeness (QED) is 0.807. The van der Waals surface area contributed by atoms with Crippen LogP contribution in [0.5, 0.6) is 0 Å². The van der Waals surface area contributed by atoms with Crippen LogP contribution in [-0.2, 0) is 13.0 Å². The van der Waals surface area contributed by atoms with Crippen molar-refractivity contribution in [3.63, 3.8) is 0 Å². The van der Waals surface area contributed by atoms with Crippen molar-refractivity contribution in [1.29, 1.82) is 0 Å². The summed E-state index contributed by atoms with van der Waals surface area (Å²) in [7, 11) is 0. The summed E-state index contributed by atoms with van der Waals surface area (Å²) in [5, 5.41) is 1.99. The van der Waals surface area contributed by atoms with Crippen LogP contribution >= 0.6 is 23.1 Å². The first kappa shape index (κ1) is 10.5. The van der Waals surface area contributed by atoms with Crippen molar-refractivity contribution in [2.45, 2.75) is 13.0 Å². The van der Waals surface area contributed by atoms with Crippen LogP contribution in [0.4, 0.5) is 0 Å². The first-order chi connectivity index (χ1) is 7.27. The third-order valence-corrected chi connectivity index (χ3v) is 3.50. The number of aromatic nitrogens is 1. The number of hydrogen-bond donors (Lipinski definition) is 0. The first-order valence-corrected chi connectivity index (χ1v) is 5.87. The van der Waals surface area contributed by atoms with E-state index in [-0.39, 0.29) is 5.56 Å². The van der Waals surface area contributed by atoms with Crippen LogP contribution in [0.25, 0.3) is 0 Å². The van der Waals surface area contributed by atoms with Gasteiger partial charge < -0.3 is 0 Å². The molecule has 4 heteroatoms. The van der Waals surface area contributed by atoms with Gasteiger partial charge in [0.15, 0.2) is 0 Å². The van der Waals surface area contributed by atoms with Crippen molar-refractivity contribution in [2.24, 2.45) is 0 Å². The molecule has 0 fully saturated rings. The molecule has 1 heterocycles. The van der Waals surface area contributed by atoms with Crippen molar-refractivity contribution < 1.29 is 0 Å². The van der Waals surface area contributed by atoms with E-state index < -0.39 is 0 Å². The Hall–Kier alpha value is -1.06. The Balaban J connectivity index is 2.06. The maximum absolute atomic E-state index is 11.4. The monoisotopic (exact) mass is 239 g/mol. The second-order valence-corrected chi connectivity index (χ2v) is 4.51. The largest absolute Gasteiger partial charge is 0.279 e. The maximum atomic E-state index is 11.4. The summed E-state index contributed by atoms with van der Waals surface area (Å²) in [6.45, 7) is 0.695. The zero-order chi connectivity index (χ0) is 10.7. The zero-order valence-corrected chi connectivity index (χ0v) is 9.59. The molecule has 1 aromatic carbocycles. The average Bonchev–Trinajstić information content (AvgIpc) is 2.59. The molecule has 78 valence electrons. The van der Waals surface area contributed by atoms with Gasteiger partial charge in [-0.05, 0) is 12.0 Å². The molecule has 0 aliphatic rings. The highest BCUT2D eigenvalue weighted by molar-refractivity contribution is 7.04. The molecule has 0 radical (unpaired) electrons. The van der Waals surface area contributed by atoms with Crippen LogP contribution in [0.15, 0.2) is 40.5 Å². The third-order valence-electron chi connectivity index (χ3n) is 2.16. The molecule has 0 unspecified atom stereocenters.